The molecule has 1 N–H and O–H groups in total. The first kappa shape index (κ1) is 17.2. The smallest absolute Gasteiger partial charge is 0.123 e. The SMILES string of the molecule is COc1ccccc1CNCCCc1cn(-c2ccccc2)nc1C. The predicted octanol–water partition coefficient (Wildman–Crippen LogP) is 3.91. The summed E-state index contributed by atoms with van der Waals surface area (Å²) in [5.74, 6) is 0.940. The van der Waals surface area contributed by atoms with Crippen LogP contribution in [-0.2, 0) is 13.0 Å². The molecule has 130 valence electrons. The van der Waals surface area contributed by atoms with Gasteiger partial charge in [0, 0.05) is 18.3 Å². The molecule has 1 heterocycles. The first-order valence-electron chi connectivity index (χ1n) is 8.71. The highest BCUT2D eigenvalue weighted by Gasteiger charge is 2.06. The molecule has 0 radical (unpaired) electrons. The Bertz CT molecular complexity index is 796. The summed E-state index contributed by atoms with van der Waals surface area (Å²) in [6, 6.07) is 18.4. The van der Waals surface area contributed by atoms with Gasteiger partial charge in [0.1, 0.15) is 5.75 Å². The van der Waals surface area contributed by atoms with Crippen molar-refractivity contribution in [3.8, 4) is 11.4 Å². The third-order valence-corrected chi connectivity index (χ3v) is 4.33. The Morgan fingerprint density at radius 1 is 1.00 bits per heavy atom. The second-order valence-electron chi connectivity index (χ2n) is 6.11. The molecule has 0 spiro atoms. The van der Waals surface area contributed by atoms with Crippen molar-refractivity contribution < 1.29 is 4.74 Å². The van der Waals surface area contributed by atoms with Crippen LogP contribution in [0.15, 0.2) is 60.8 Å². The quantitative estimate of drug-likeness (QED) is 0.634. The van der Waals surface area contributed by atoms with E-state index in [1.165, 1.54) is 11.1 Å². The number of nitrogens with zero attached hydrogens (tertiary/aromatic N) is 2. The second-order valence-corrected chi connectivity index (χ2v) is 6.11. The Balaban J connectivity index is 1.49. The van der Waals surface area contributed by atoms with Crippen LogP contribution in [0.1, 0.15) is 23.2 Å². The van der Waals surface area contributed by atoms with Gasteiger partial charge < -0.3 is 10.1 Å². The largest absolute Gasteiger partial charge is 0.496 e. The molecule has 0 amide bonds. The van der Waals surface area contributed by atoms with E-state index in [-0.39, 0.29) is 0 Å². The minimum Gasteiger partial charge on any atom is -0.496 e. The van der Waals surface area contributed by atoms with E-state index in [9.17, 15) is 0 Å². The highest BCUT2D eigenvalue weighted by atomic mass is 16.5. The van der Waals surface area contributed by atoms with Crippen molar-refractivity contribution in [3.05, 3.63) is 77.6 Å². The van der Waals surface area contributed by atoms with E-state index in [0.717, 1.165) is 43.1 Å². The fraction of sp³-hybridized carbons (Fsp3) is 0.286. The standard InChI is InChI=1S/C21H25N3O/c1-17-19(16-24(23-17)20-11-4-3-5-12-20)10-8-14-22-15-18-9-6-7-13-21(18)25-2/h3-7,9,11-13,16,22H,8,10,14-15H2,1-2H3. The maximum absolute atomic E-state index is 5.38. The molecule has 25 heavy (non-hydrogen) atoms. The molecule has 1 aromatic heterocycles. The minimum atomic E-state index is 0.826. The Hall–Kier alpha value is -2.59. The summed E-state index contributed by atoms with van der Waals surface area (Å²) in [5.41, 5.74) is 4.71. The molecule has 0 saturated carbocycles. The number of para-hydroxylation sites is 2. The van der Waals surface area contributed by atoms with Crippen molar-refractivity contribution in [2.75, 3.05) is 13.7 Å². The molecule has 4 heteroatoms. The van der Waals surface area contributed by atoms with Crippen LogP contribution >= 0.6 is 0 Å². The lowest BCUT2D eigenvalue weighted by molar-refractivity contribution is 0.407. The summed E-state index contributed by atoms with van der Waals surface area (Å²) < 4.78 is 7.35. The summed E-state index contributed by atoms with van der Waals surface area (Å²) in [5, 5.41) is 8.13. The van der Waals surface area contributed by atoms with E-state index >= 15 is 0 Å². The molecular weight excluding hydrogens is 310 g/mol. The Kier molecular flexibility index (Phi) is 5.86. The van der Waals surface area contributed by atoms with Crippen LogP contribution in [0, 0.1) is 6.92 Å². The summed E-state index contributed by atoms with van der Waals surface area (Å²) in [7, 11) is 1.71. The van der Waals surface area contributed by atoms with Crippen LogP contribution in [0.5, 0.6) is 5.75 Å². The van der Waals surface area contributed by atoms with Gasteiger partial charge in [-0.2, -0.15) is 5.10 Å². The lowest BCUT2D eigenvalue weighted by Gasteiger charge is -2.09. The average Bonchev–Trinajstić information content (AvgIpc) is 3.03. The predicted molar refractivity (Wildman–Crippen MR) is 101 cm³/mol. The first-order valence-corrected chi connectivity index (χ1v) is 8.71. The molecule has 4 nitrogen and oxygen atoms in total. The third kappa shape index (κ3) is 4.48. The van der Waals surface area contributed by atoms with E-state index in [1.54, 1.807) is 7.11 Å². The summed E-state index contributed by atoms with van der Waals surface area (Å²) in [6.07, 6.45) is 4.25. The van der Waals surface area contributed by atoms with Crippen molar-refractivity contribution in [2.45, 2.75) is 26.3 Å². The minimum absolute atomic E-state index is 0.826. The number of hydrogen-bond donors (Lipinski definition) is 1. The van der Waals surface area contributed by atoms with Crippen LogP contribution in [0.4, 0.5) is 0 Å². The van der Waals surface area contributed by atoms with Gasteiger partial charge in [0.25, 0.3) is 0 Å². The molecular formula is C21H25N3O. The maximum atomic E-state index is 5.38. The summed E-state index contributed by atoms with van der Waals surface area (Å²) in [6.45, 7) is 3.87. The number of rotatable bonds is 8. The fourth-order valence-corrected chi connectivity index (χ4v) is 2.93. The van der Waals surface area contributed by atoms with E-state index < -0.39 is 0 Å². The molecule has 0 unspecified atom stereocenters. The molecule has 3 aromatic rings. The highest BCUT2D eigenvalue weighted by molar-refractivity contribution is 5.33. The van der Waals surface area contributed by atoms with Crippen LogP contribution in [0.2, 0.25) is 0 Å². The molecule has 0 bridgehead atoms. The number of benzene rings is 2. The molecule has 0 fully saturated rings. The normalized spacial score (nSPS) is 10.8. The van der Waals surface area contributed by atoms with E-state index in [0.29, 0.717) is 0 Å². The number of aryl methyl sites for hydroxylation is 2. The monoisotopic (exact) mass is 335 g/mol. The van der Waals surface area contributed by atoms with Crippen molar-refractivity contribution in [1.82, 2.24) is 15.1 Å². The number of nitrogens with one attached hydrogen (secondary N) is 1. The third-order valence-electron chi connectivity index (χ3n) is 4.33. The molecule has 0 saturated heterocycles. The molecule has 0 aliphatic carbocycles. The van der Waals surface area contributed by atoms with Crippen LogP contribution in [0.3, 0.4) is 0 Å². The van der Waals surface area contributed by atoms with Crippen molar-refractivity contribution >= 4 is 0 Å². The van der Waals surface area contributed by atoms with E-state index in [1.807, 2.05) is 41.1 Å². The molecule has 0 aliphatic rings. The van der Waals surface area contributed by atoms with E-state index in [4.69, 9.17) is 4.74 Å². The zero-order valence-electron chi connectivity index (χ0n) is 14.9. The zero-order valence-corrected chi connectivity index (χ0v) is 14.9. The topological polar surface area (TPSA) is 39.1 Å². The van der Waals surface area contributed by atoms with Gasteiger partial charge >= 0.3 is 0 Å². The highest BCUT2D eigenvalue weighted by Crippen LogP contribution is 2.17. The van der Waals surface area contributed by atoms with Gasteiger partial charge in [-0.15, -0.1) is 0 Å². The number of hydrogen-bond acceptors (Lipinski definition) is 3. The van der Waals surface area contributed by atoms with Crippen molar-refractivity contribution in [3.63, 3.8) is 0 Å². The lowest BCUT2D eigenvalue weighted by atomic mass is 10.1. The van der Waals surface area contributed by atoms with Crippen LogP contribution in [-0.4, -0.2) is 23.4 Å². The van der Waals surface area contributed by atoms with Crippen LogP contribution in [0.25, 0.3) is 5.69 Å². The summed E-state index contributed by atoms with van der Waals surface area (Å²) in [4.78, 5) is 0. The van der Waals surface area contributed by atoms with Crippen molar-refractivity contribution in [2.24, 2.45) is 0 Å². The van der Waals surface area contributed by atoms with Crippen LogP contribution < -0.4 is 10.1 Å². The van der Waals surface area contributed by atoms with Gasteiger partial charge in [-0.1, -0.05) is 36.4 Å². The van der Waals surface area contributed by atoms with Crippen molar-refractivity contribution in [1.29, 1.82) is 0 Å². The number of ether oxygens (including phenoxy) is 1. The van der Waals surface area contributed by atoms with Gasteiger partial charge in [0.2, 0.25) is 0 Å². The molecule has 0 aliphatic heterocycles. The number of methoxy groups -OCH3 is 1. The molecule has 3 rings (SSSR count). The molecule has 2 aromatic carbocycles. The fourth-order valence-electron chi connectivity index (χ4n) is 2.93. The average molecular weight is 335 g/mol. The zero-order chi connectivity index (χ0) is 17.5. The maximum Gasteiger partial charge on any atom is 0.123 e. The molecule has 0 atom stereocenters. The van der Waals surface area contributed by atoms with Gasteiger partial charge in [0.05, 0.1) is 18.5 Å². The van der Waals surface area contributed by atoms with Gasteiger partial charge in [-0.3, -0.25) is 0 Å². The number of aromatic nitrogens is 2. The Morgan fingerprint density at radius 2 is 1.76 bits per heavy atom. The lowest BCUT2D eigenvalue weighted by Crippen LogP contribution is -2.15. The van der Waals surface area contributed by atoms with Gasteiger partial charge in [-0.25, -0.2) is 4.68 Å². The summed E-state index contributed by atoms with van der Waals surface area (Å²) >= 11 is 0. The van der Waals surface area contributed by atoms with Gasteiger partial charge in [0.15, 0.2) is 0 Å². The first-order chi connectivity index (χ1) is 12.3. The Morgan fingerprint density at radius 3 is 2.56 bits per heavy atom. The second kappa shape index (κ2) is 8.49. The van der Waals surface area contributed by atoms with E-state index in [2.05, 4.69) is 41.7 Å². The Labute approximate surface area is 149 Å². The van der Waals surface area contributed by atoms with Gasteiger partial charge in [-0.05, 0) is 50.1 Å².